The van der Waals surface area contributed by atoms with Crippen molar-refractivity contribution in [3.8, 4) is 5.75 Å². The number of urea groups is 1. The minimum absolute atomic E-state index is 0.00335. The van der Waals surface area contributed by atoms with E-state index in [1.807, 2.05) is 22.8 Å². The predicted octanol–water partition coefficient (Wildman–Crippen LogP) is 1.31. The Morgan fingerprint density at radius 1 is 1.06 bits per heavy atom. The lowest BCUT2D eigenvalue weighted by Gasteiger charge is -2.43. The number of likely N-dealkylation sites (tertiary alicyclic amines) is 1. The third-order valence-corrected chi connectivity index (χ3v) is 6.84. The molecule has 0 spiro atoms. The van der Waals surface area contributed by atoms with Crippen LogP contribution in [0.3, 0.4) is 0 Å². The van der Waals surface area contributed by atoms with Gasteiger partial charge in [-0.25, -0.2) is 4.79 Å². The number of ether oxygens (including phenoxy) is 1. The summed E-state index contributed by atoms with van der Waals surface area (Å²) in [7, 11) is 1.54. The number of aromatic nitrogens is 1. The molecule has 4 amide bonds. The van der Waals surface area contributed by atoms with Crippen molar-refractivity contribution in [2.75, 3.05) is 20.2 Å². The molecule has 9 heteroatoms. The summed E-state index contributed by atoms with van der Waals surface area (Å²) in [6, 6.07) is 11.1. The third kappa shape index (κ3) is 3.88. The van der Waals surface area contributed by atoms with Crippen molar-refractivity contribution >= 4 is 17.8 Å². The molecule has 0 aliphatic carbocycles. The standard InChI is InChI=1S/C24H26N4O5/c1-33-20-7-3-2-5-16(20)14-28-23(31)18(25-24(28)32)10-22(30)26-11-15-9-17(13-26)19-6-4-8-21(29)27(19)12-15/h2-8,15,17-18H,9-14H2,1H3,(H,25,32)/t15-,17+,18?/m1/s1. The van der Waals surface area contributed by atoms with E-state index in [4.69, 9.17) is 4.74 Å². The van der Waals surface area contributed by atoms with E-state index < -0.39 is 18.0 Å². The van der Waals surface area contributed by atoms with Crippen LogP contribution in [0.25, 0.3) is 0 Å². The number of benzene rings is 1. The molecule has 4 heterocycles. The molecule has 3 atom stereocenters. The molecule has 1 aromatic carbocycles. The van der Waals surface area contributed by atoms with Gasteiger partial charge >= 0.3 is 6.03 Å². The first-order valence-corrected chi connectivity index (χ1v) is 11.2. The fourth-order valence-corrected chi connectivity index (χ4v) is 5.27. The molecule has 9 nitrogen and oxygen atoms in total. The fourth-order valence-electron chi connectivity index (χ4n) is 5.27. The number of methoxy groups -OCH3 is 1. The van der Waals surface area contributed by atoms with Crippen molar-refractivity contribution in [3.05, 3.63) is 64.1 Å². The highest BCUT2D eigenvalue weighted by Gasteiger charge is 2.42. The Morgan fingerprint density at radius 3 is 2.70 bits per heavy atom. The highest BCUT2D eigenvalue weighted by Crippen LogP contribution is 2.35. The number of nitrogens with one attached hydrogen (secondary N) is 1. The molecular weight excluding hydrogens is 424 g/mol. The Labute approximate surface area is 190 Å². The van der Waals surface area contributed by atoms with Gasteiger partial charge in [0.15, 0.2) is 0 Å². The molecule has 1 N–H and O–H groups in total. The minimum atomic E-state index is -0.878. The largest absolute Gasteiger partial charge is 0.496 e. The molecule has 0 saturated carbocycles. The van der Waals surface area contributed by atoms with Gasteiger partial charge in [-0.05, 0) is 24.5 Å². The highest BCUT2D eigenvalue weighted by molar-refractivity contribution is 6.05. The van der Waals surface area contributed by atoms with Crippen LogP contribution < -0.4 is 15.6 Å². The van der Waals surface area contributed by atoms with Gasteiger partial charge in [-0.1, -0.05) is 24.3 Å². The molecule has 33 heavy (non-hydrogen) atoms. The summed E-state index contributed by atoms with van der Waals surface area (Å²) >= 11 is 0. The van der Waals surface area contributed by atoms with Crippen LogP contribution in [0.2, 0.25) is 0 Å². The van der Waals surface area contributed by atoms with Crippen LogP contribution in [-0.4, -0.2) is 58.5 Å². The first-order chi connectivity index (χ1) is 15.9. The summed E-state index contributed by atoms with van der Waals surface area (Å²) in [6.45, 7) is 1.74. The molecule has 2 bridgehead atoms. The van der Waals surface area contributed by atoms with Gasteiger partial charge in [0, 0.05) is 42.9 Å². The number of para-hydroxylation sites is 1. The van der Waals surface area contributed by atoms with Crippen molar-refractivity contribution in [2.24, 2.45) is 5.92 Å². The number of carbonyl (C=O) groups is 3. The summed E-state index contributed by atoms with van der Waals surface area (Å²) in [5, 5.41) is 2.66. The number of piperidine rings is 1. The van der Waals surface area contributed by atoms with Gasteiger partial charge in [-0.2, -0.15) is 0 Å². The second kappa shape index (κ2) is 8.38. The van der Waals surface area contributed by atoms with E-state index in [0.29, 0.717) is 30.9 Å². The summed E-state index contributed by atoms with van der Waals surface area (Å²) in [4.78, 5) is 53.6. The maximum absolute atomic E-state index is 13.1. The molecule has 5 rings (SSSR count). The Kier molecular flexibility index (Phi) is 5.39. The smallest absolute Gasteiger partial charge is 0.325 e. The molecule has 0 radical (unpaired) electrons. The number of hydrogen-bond acceptors (Lipinski definition) is 5. The van der Waals surface area contributed by atoms with Crippen LogP contribution in [0.5, 0.6) is 5.75 Å². The fraction of sp³-hybridized carbons (Fsp3) is 0.417. The number of carbonyl (C=O) groups excluding carboxylic acids is 3. The molecule has 172 valence electrons. The lowest BCUT2D eigenvalue weighted by Crippen LogP contribution is -2.50. The summed E-state index contributed by atoms with van der Waals surface area (Å²) in [5.41, 5.74) is 1.68. The lowest BCUT2D eigenvalue weighted by atomic mass is 9.83. The predicted molar refractivity (Wildman–Crippen MR) is 119 cm³/mol. The second-order valence-electron chi connectivity index (χ2n) is 8.94. The van der Waals surface area contributed by atoms with Crippen LogP contribution in [0.15, 0.2) is 47.3 Å². The molecular formula is C24H26N4O5. The van der Waals surface area contributed by atoms with Crippen LogP contribution in [0.4, 0.5) is 4.79 Å². The van der Waals surface area contributed by atoms with Gasteiger partial charge in [-0.15, -0.1) is 0 Å². The third-order valence-electron chi connectivity index (χ3n) is 6.84. The lowest BCUT2D eigenvalue weighted by molar-refractivity contribution is -0.137. The first kappa shape index (κ1) is 21.2. The van der Waals surface area contributed by atoms with Gasteiger partial charge in [0.2, 0.25) is 5.91 Å². The molecule has 1 unspecified atom stereocenters. The zero-order valence-electron chi connectivity index (χ0n) is 18.4. The molecule has 3 aliphatic heterocycles. The molecule has 2 saturated heterocycles. The molecule has 3 aliphatic rings. The number of pyridine rings is 1. The van der Waals surface area contributed by atoms with Gasteiger partial charge in [0.1, 0.15) is 11.8 Å². The van der Waals surface area contributed by atoms with Gasteiger partial charge < -0.3 is 19.5 Å². The highest BCUT2D eigenvalue weighted by atomic mass is 16.5. The monoisotopic (exact) mass is 450 g/mol. The van der Waals surface area contributed by atoms with Crippen molar-refractivity contribution in [3.63, 3.8) is 0 Å². The average Bonchev–Trinajstić information content (AvgIpc) is 3.07. The van der Waals surface area contributed by atoms with Crippen LogP contribution in [0.1, 0.15) is 30.0 Å². The number of rotatable bonds is 5. The Bertz CT molecular complexity index is 1180. The topological polar surface area (TPSA) is 101 Å². The van der Waals surface area contributed by atoms with E-state index >= 15 is 0 Å². The zero-order chi connectivity index (χ0) is 23.1. The second-order valence-corrected chi connectivity index (χ2v) is 8.94. The van der Waals surface area contributed by atoms with Crippen molar-refractivity contribution in [1.82, 2.24) is 19.7 Å². The summed E-state index contributed by atoms with van der Waals surface area (Å²) in [5.74, 6) is 0.335. The Balaban J connectivity index is 1.26. The van der Waals surface area contributed by atoms with E-state index in [1.54, 1.807) is 29.2 Å². The van der Waals surface area contributed by atoms with Crippen LogP contribution in [0, 0.1) is 5.92 Å². The van der Waals surface area contributed by atoms with E-state index in [2.05, 4.69) is 5.32 Å². The van der Waals surface area contributed by atoms with Crippen LogP contribution in [-0.2, 0) is 22.7 Å². The van der Waals surface area contributed by atoms with Gasteiger partial charge in [0.05, 0.1) is 20.1 Å². The number of amides is 4. The van der Waals surface area contributed by atoms with E-state index in [0.717, 1.165) is 17.0 Å². The maximum Gasteiger partial charge on any atom is 0.325 e. The van der Waals surface area contributed by atoms with Gasteiger partial charge in [0.25, 0.3) is 11.5 Å². The van der Waals surface area contributed by atoms with Crippen molar-refractivity contribution in [1.29, 1.82) is 0 Å². The molecule has 2 fully saturated rings. The van der Waals surface area contributed by atoms with Gasteiger partial charge in [-0.3, -0.25) is 19.3 Å². The number of imide groups is 1. The normalized spacial score (nSPS) is 23.8. The van der Waals surface area contributed by atoms with E-state index in [1.165, 1.54) is 7.11 Å². The first-order valence-electron chi connectivity index (χ1n) is 11.2. The number of hydrogen-bond donors (Lipinski definition) is 1. The van der Waals surface area contributed by atoms with E-state index in [9.17, 15) is 19.2 Å². The van der Waals surface area contributed by atoms with Crippen molar-refractivity contribution < 1.29 is 19.1 Å². The molecule has 1 aromatic heterocycles. The number of nitrogens with zero attached hydrogens (tertiary/aromatic N) is 3. The number of fused-ring (bicyclic) bond motifs is 4. The Morgan fingerprint density at radius 2 is 1.88 bits per heavy atom. The quantitative estimate of drug-likeness (QED) is 0.693. The summed E-state index contributed by atoms with van der Waals surface area (Å²) < 4.78 is 7.13. The minimum Gasteiger partial charge on any atom is -0.496 e. The van der Waals surface area contributed by atoms with Crippen molar-refractivity contribution in [2.45, 2.75) is 37.9 Å². The maximum atomic E-state index is 13.1. The average molecular weight is 450 g/mol. The zero-order valence-corrected chi connectivity index (χ0v) is 18.4. The van der Waals surface area contributed by atoms with E-state index in [-0.39, 0.29) is 36.3 Å². The molecule has 2 aromatic rings. The summed E-state index contributed by atoms with van der Waals surface area (Å²) in [6.07, 6.45) is 0.868. The SMILES string of the molecule is COc1ccccc1CN1C(=O)NC(CC(=O)N2C[C@H]3C[C@@H](C2)c2cccc(=O)n2C3)C1=O. The van der Waals surface area contributed by atoms with Crippen LogP contribution >= 0.6 is 0 Å². The Hall–Kier alpha value is -3.62.